The molecule has 0 aromatic rings. The fraction of sp³-hybridized carbons (Fsp3) is 0.875. The highest BCUT2D eigenvalue weighted by atomic mass is 16.7. The van der Waals surface area contributed by atoms with Gasteiger partial charge >= 0.3 is 0 Å². The van der Waals surface area contributed by atoms with Gasteiger partial charge in [-0.1, -0.05) is 0 Å². The maximum absolute atomic E-state index is 9.48. The average Bonchev–Trinajstić information content (AvgIpc) is 2.14. The first-order chi connectivity index (χ1) is 5.72. The van der Waals surface area contributed by atoms with Crippen molar-refractivity contribution in [3.8, 4) is 0 Å². The lowest BCUT2D eigenvalue weighted by Crippen LogP contribution is -2.05. The van der Waals surface area contributed by atoms with Gasteiger partial charge in [0.05, 0.1) is 6.61 Å². The van der Waals surface area contributed by atoms with Crippen molar-refractivity contribution in [3.05, 3.63) is 0 Å². The molecule has 0 aromatic carbocycles. The molecule has 0 bridgehead atoms. The summed E-state index contributed by atoms with van der Waals surface area (Å²) in [7, 11) is 4.78. The molecule has 0 aliphatic carbocycles. The van der Waals surface area contributed by atoms with Crippen LogP contribution in [0.5, 0.6) is 0 Å². The Bertz CT molecular complexity index is 81.1. The molecule has 0 aliphatic rings. The van der Waals surface area contributed by atoms with Gasteiger partial charge in [0.1, 0.15) is 6.29 Å². The molecular formula is C8H18O4. The van der Waals surface area contributed by atoms with Gasteiger partial charge in [0.25, 0.3) is 0 Å². The molecule has 0 unspecified atom stereocenters. The Hall–Kier alpha value is -0.450. The number of rotatable bonds is 5. The minimum Gasteiger partial charge on any atom is -0.384 e. The molecule has 0 N–H and O–H groups in total. The van der Waals surface area contributed by atoms with E-state index in [9.17, 15) is 4.79 Å². The highest BCUT2D eigenvalue weighted by molar-refractivity contribution is 5.49. The van der Waals surface area contributed by atoms with Gasteiger partial charge in [0, 0.05) is 27.8 Å². The van der Waals surface area contributed by atoms with E-state index in [1.807, 2.05) is 6.92 Å². The van der Waals surface area contributed by atoms with Crippen LogP contribution in [0.15, 0.2) is 0 Å². The van der Waals surface area contributed by atoms with Crippen molar-refractivity contribution in [2.24, 2.45) is 0 Å². The molecular weight excluding hydrogens is 160 g/mol. The summed E-state index contributed by atoms with van der Waals surface area (Å²) in [4.78, 5) is 9.48. The van der Waals surface area contributed by atoms with E-state index >= 15 is 0 Å². The predicted octanol–water partition coefficient (Wildman–Crippen LogP) is 0.847. The quantitative estimate of drug-likeness (QED) is 0.355. The van der Waals surface area contributed by atoms with E-state index in [0.29, 0.717) is 13.0 Å². The molecule has 0 amide bonds. The van der Waals surface area contributed by atoms with Crippen LogP contribution in [0.25, 0.3) is 0 Å². The Morgan fingerprint density at radius 2 is 1.75 bits per heavy atom. The zero-order valence-electron chi connectivity index (χ0n) is 8.20. The third-order valence-corrected chi connectivity index (χ3v) is 1.10. The largest absolute Gasteiger partial charge is 0.384 e. The minimum absolute atomic E-state index is 0.0648. The van der Waals surface area contributed by atoms with Gasteiger partial charge in [-0.2, -0.15) is 0 Å². The lowest BCUT2D eigenvalue weighted by atomic mass is 10.5. The van der Waals surface area contributed by atoms with Crippen LogP contribution in [-0.4, -0.2) is 40.5 Å². The van der Waals surface area contributed by atoms with Crippen LogP contribution in [0.4, 0.5) is 0 Å². The van der Waals surface area contributed by atoms with E-state index in [4.69, 9.17) is 0 Å². The maximum atomic E-state index is 9.48. The number of hydrogen-bond donors (Lipinski definition) is 0. The fourth-order valence-electron chi connectivity index (χ4n) is 0.262. The molecule has 0 saturated carbocycles. The molecule has 74 valence electrons. The van der Waals surface area contributed by atoms with E-state index < -0.39 is 0 Å². The summed E-state index contributed by atoms with van der Waals surface area (Å²) in [6.45, 7) is 2.38. The third kappa shape index (κ3) is 16.3. The molecule has 0 saturated heterocycles. The zero-order valence-corrected chi connectivity index (χ0v) is 8.20. The standard InChI is InChI=1S/C4H10O2.C4H8O2/c1-4(5-2)6-3;1-6-4-2-3-5/h4H,1-3H3;3H,2,4H2,1H3. The highest BCUT2D eigenvalue weighted by Gasteiger charge is 1.87. The summed E-state index contributed by atoms with van der Waals surface area (Å²) >= 11 is 0. The van der Waals surface area contributed by atoms with E-state index in [0.717, 1.165) is 6.29 Å². The first-order valence-electron chi connectivity index (χ1n) is 3.71. The smallest absolute Gasteiger partial charge is 0.154 e. The van der Waals surface area contributed by atoms with Crippen LogP contribution >= 0.6 is 0 Å². The molecule has 0 fully saturated rings. The van der Waals surface area contributed by atoms with E-state index in [1.165, 1.54) is 0 Å². The molecule has 4 heteroatoms. The van der Waals surface area contributed by atoms with Crippen molar-refractivity contribution in [2.75, 3.05) is 27.9 Å². The fourth-order valence-corrected chi connectivity index (χ4v) is 0.262. The summed E-state index contributed by atoms with van der Waals surface area (Å²) in [5.41, 5.74) is 0. The summed E-state index contributed by atoms with van der Waals surface area (Å²) in [5, 5.41) is 0. The van der Waals surface area contributed by atoms with Gasteiger partial charge in [0.2, 0.25) is 0 Å². The normalized spacial score (nSPS) is 9.08. The van der Waals surface area contributed by atoms with Crippen LogP contribution in [-0.2, 0) is 19.0 Å². The molecule has 0 spiro atoms. The zero-order chi connectivity index (χ0) is 9.82. The number of ether oxygens (including phenoxy) is 3. The topological polar surface area (TPSA) is 44.8 Å². The van der Waals surface area contributed by atoms with Crippen LogP contribution in [0.1, 0.15) is 13.3 Å². The number of aldehydes is 1. The summed E-state index contributed by atoms with van der Waals surface area (Å²) in [6, 6.07) is 0. The van der Waals surface area contributed by atoms with Gasteiger partial charge in [0.15, 0.2) is 6.29 Å². The third-order valence-electron chi connectivity index (χ3n) is 1.10. The lowest BCUT2D eigenvalue weighted by molar-refractivity contribution is -0.108. The highest BCUT2D eigenvalue weighted by Crippen LogP contribution is 1.82. The van der Waals surface area contributed by atoms with Crippen molar-refractivity contribution >= 4 is 6.29 Å². The summed E-state index contributed by atoms with van der Waals surface area (Å²) in [6.07, 6.45) is 1.28. The number of methoxy groups -OCH3 is 3. The Morgan fingerprint density at radius 3 is 1.83 bits per heavy atom. The Morgan fingerprint density at radius 1 is 1.25 bits per heavy atom. The SMILES string of the molecule is COC(C)OC.COCCC=O. The molecule has 4 nitrogen and oxygen atoms in total. The van der Waals surface area contributed by atoms with E-state index in [2.05, 4.69) is 14.2 Å². The first-order valence-corrected chi connectivity index (χ1v) is 3.71. The van der Waals surface area contributed by atoms with Crippen molar-refractivity contribution in [3.63, 3.8) is 0 Å². The van der Waals surface area contributed by atoms with Crippen molar-refractivity contribution in [1.29, 1.82) is 0 Å². The average molecular weight is 178 g/mol. The lowest BCUT2D eigenvalue weighted by Gasteiger charge is -2.03. The van der Waals surface area contributed by atoms with Gasteiger partial charge in [-0.15, -0.1) is 0 Å². The van der Waals surface area contributed by atoms with Crippen molar-refractivity contribution < 1.29 is 19.0 Å². The van der Waals surface area contributed by atoms with Crippen molar-refractivity contribution in [2.45, 2.75) is 19.6 Å². The van der Waals surface area contributed by atoms with E-state index in [1.54, 1.807) is 21.3 Å². The molecule has 12 heavy (non-hydrogen) atoms. The second-order valence-corrected chi connectivity index (χ2v) is 1.99. The minimum atomic E-state index is -0.0648. The second-order valence-electron chi connectivity index (χ2n) is 1.99. The number of carbonyl (C=O) groups excluding carboxylic acids is 1. The Kier molecular flexibility index (Phi) is 15.5. The number of hydrogen-bond acceptors (Lipinski definition) is 4. The van der Waals surface area contributed by atoms with Gasteiger partial charge < -0.3 is 19.0 Å². The molecule has 0 aliphatic heterocycles. The molecule has 0 heterocycles. The number of carbonyl (C=O) groups is 1. The van der Waals surface area contributed by atoms with Crippen LogP contribution in [0.2, 0.25) is 0 Å². The maximum Gasteiger partial charge on any atom is 0.154 e. The first kappa shape index (κ1) is 14.1. The molecule has 0 aromatic heterocycles. The molecule has 0 radical (unpaired) electrons. The monoisotopic (exact) mass is 178 g/mol. The molecule has 0 atom stereocenters. The predicted molar refractivity (Wildman–Crippen MR) is 46.0 cm³/mol. The van der Waals surface area contributed by atoms with Crippen molar-refractivity contribution in [1.82, 2.24) is 0 Å². The van der Waals surface area contributed by atoms with Gasteiger partial charge in [-0.05, 0) is 6.92 Å². The van der Waals surface area contributed by atoms with Crippen LogP contribution < -0.4 is 0 Å². The Labute approximate surface area is 73.8 Å². The summed E-state index contributed by atoms with van der Waals surface area (Å²) < 4.78 is 13.9. The van der Waals surface area contributed by atoms with Crippen LogP contribution in [0, 0.1) is 0 Å². The van der Waals surface area contributed by atoms with Gasteiger partial charge in [-0.25, -0.2) is 0 Å². The Balaban J connectivity index is 0. The molecule has 0 rings (SSSR count). The van der Waals surface area contributed by atoms with Gasteiger partial charge in [-0.3, -0.25) is 0 Å². The van der Waals surface area contributed by atoms with Crippen LogP contribution in [0.3, 0.4) is 0 Å². The second kappa shape index (κ2) is 13.2. The van der Waals surface area contributed by atoms with E-state index in [-0.39, 0.29) is 6.29 Å². The summed E-state index contributed by atoms with van der Waals surface area (Å²) in [5.74, 6) is 0.